The SMILES string of the molecule is Cl.NC1CC(C(F)(F)F)Oc2ccccc21. The Morgan fingerprint density at radius 1 is 1.25 bits per heavy atom. The van der Waals surface area contributed by atoms with Crippen LogP contribution in [0.3, 0.4) is 0 Å². The third kappa shape index (κ3) is 2.41. The Bertz CT molecular complexity index is 369. The van der Waals surface area contributed by atoms with E-state index in [-0.39, 0.29) is 24.6 Å². The van der Waals surface area contributed by atoms with Crippen LogP contribution in [0.2, 0.25) is 0 Å². The fourth-order valence-corrected chi connectivity index (χ4v) is 1.65. The summed E-state index contributed by atoms with van der Waals surface area (Å²) in [6, 6.07) is 5.95. The number of benzene rings is 1. The van der Waals surface area contributed by atoms with Crippen molar-refractivity contribution < 1.29 is 17.9 Å². The molecule has 2 atom stereocenters. The molecule has 2 unspecified atom stereocenters. The molecule has 0 aliphatic carbocycles. The van der Waals surface area contributed by atoms with E-state index >= 15 is 0 Å². The molecule has 1 heterocycles. The monoisotopic (exact) mass is 253 g/mol. The quantitative estimate of drug-likeness (QED) is 0.772. The van der Waals surface area contributed by atoms with E-state index in [9.17, 15) is 13.2 Å². The van der Waals surface area contributed by atoms with Gasteiger partial charge in [-0.2, -0.15) is 13.2 Å². The zero-order chi connectivity index (χ0) is 11.1. The number of halogens is 4. The lowest BCUT2D eigenvalue weighted by Gasteiger charge is -2.31. The summed E-state index contributed by atoms with van der Waals surface area (Å²) in [5.41, 5.74) is 6.29. The molecule has 6 heteroatoms. The molecule has 0 radical (unpaired) electrons. The lowest BCUT2D eigenvalue weighted by atomic mass is 9.97. The summed E-state index contributed by atoms with van der Waals surface area (Å²) in [5, 5.41) is 0. The Hall–Kier alpha value is -0.940. The number of hydrogen-bond acceptors (Lipinski definition) is 2. The number of fused-ring (bicyclic) bond motifs is 1. The normalized spacial score (nSPS) is 24.0. The first-order valence-corrected chi connectivity index (χ1v) is 4.56. The van der Waals surface area contributed by atoms with Crippen molar-refractivity contribution in [1.82, 2.24) is 0 Å². The van der Waals surface area contributed by atoms with Crippen molar-refractivity contribution in [2.45, 2.75) is 24.7 Å². The maximum atomic E-state index is 12.4. The van der Waals surface area contributed by atoms with E-state index in [2.05, 4.69) is 0 Å². The van der Waals surface area contributed by atoms with Crippen LogP contribution in [0, 0.1) is 0 Å². The van der Waals surface area contributed by atoms with Gasteiger partial charge in [0.2, 0.25) is 0 Å². The van der Waals surface area contributed by atoms with Gasteiger partial charge >= 0.3 is 6.18 Å². The number of rotatable bonds is 0. The molecule has 1 aromatic rings. The summed E-state index contributed by atoms with van der Waals surface area (Å²) in [4.78, 5) is 0. The van der Waals surface area contributed by atoms with E-state index in [1.807, 2.05) is 0 Å². The van der Waals surface area contributed by atoms with Gasteiger partial charge in [0, 0.05) is 18.0 Å². The van der Waals surface area contributed by atoms with Crippen LogP contribution in [-0.4, -0.2) is 12.3 Å². The topological polar surface area (TPSA) is 35.2 Å². The second-order valence-corrected chi connectivity index (χ2v) is 3.53. The van der Waals surface area contributed by atoms with Gasteiger partial charge < -0.3 is 10.5 Å². The predicted octanol–water partition coefficient (Wildman–Crippen LogP) is 2.82. The fraction of sp³-hybridized carbons (Fsp3) is 0.400. The smallest absolute Gasteiger partial charge is 0.425 e. The molecule has 0 saturated carbocycles. The molecule has 0 saturated heterocycles. The third-order valence-corrected chi connectivity index (χ3v) is 2.42. The van der Waals surface area contributed by atoms with Crippen LogP contribution < -0.4 is 10.5 Å². The van der Waals surface area contributed by atoms with Gasteiger partial charge in [0.1, 0.15) is 5.75 Å². The molecule has 1 aliphatic heterocycles. The van der Waals surface area contributed by atoms with Crippen molar-refractivity contribution in [2.24, 2.45) is 5.73 Å². The second-order valence-electron chi connectivity index (χ2n) is 3.53. The molecular formula is C10H11ClF3NO. The highest BCUT2D eigenvalue weighted by molar-refractivity contribution is 5.85. The molecule has 1 aromatic carbocycles. The van der Waals surface area contributed by atoms with Crippen molar-refractivity contribution in [1.29, 1.82) is 0 Å². The van der Waals surface area contributed by atoms with Crippen molar-refractivity contribution in [3.63, 3.8) is 0 Å². The van der Waals surface area contributed by atoms with E-state index in [0.717, 1.165) is 0 Å². The first kappa shape index (κ1) is 13.1. The van der Waals surface area contributed by atoms with Gasteiger partial charge in [-0.1, -0.05) is 18.2 Å². The molecule has 0 amide bonds. The van der Waals surface area contributed by atoms with Crippen LogP contribution in [0.15, 0.2) is 24.3 Å². The molecule has 0 aromatic heterocycles. The highest BCUT2D eigenvalue weighted by Gasteiger charge is 2.45. The Kier molecular flexibility index (Phi) is 3.70. The summed E-state index contributed by atoms with van der Waals surface area (Å²) in [5.74, 6) is 0.235. The van der Waals surface area contributed by atoms with Crippen LogP contribution in [0.4, 0.5) is 13.2 Å². The van der Waals surface area contributed by atoms with Crippen LogP contribution in [-0.2, 0) is 0 Å². The van der Waals surface area contributed by atoms with E-state index < -0.39 is 18.3 Å². The first-order valence-electron chi connectivity index (χ1n) is 4.56. The largest absolute Gasteiger partial charge is 0.481 e. The first-order chi connectivity index (χ1) is 6.98. The molecule has 16 heavy (non-hydrogen) atoms. The van der Waals surface area contributed by atoms with Crippen LogP contribution in [0.1, 0.15) is 18.0 Å². The Labute approximate surface area is 97.0 Å². The number of alkyl halides is 3. The van der Waals surface area contributed by atoms with Gasteiger partial charge in [0.15, 0.2) is 6.10 Å². The zero-order valence-corrected chi connectivity index (χ0v) is 9.02. The van der Waals surface area contributed by atoms with Crippen molar-refractivity contribution >= 4 is 12.4 Å². The number of ether oxygens (including phenoxy) is 1. The lowest BCUT2D eigenvalue weighted by molar-refractivity contribution is -0.200. The summed E-state index contributed by atoms with van der Waals surface area (Å²) < 4.78 is 42.1. The summed E-state index contributed by atoms with van der Waals surface area (Å²) in [6.45, 7) is 0. The maximum absolute atomic E-state index is 12.4. The molecule has 0 bridgehead atoms. The highest BCUT2D eigenvalue weighted by atomic mass is 35.5. The van der Waals surface area contributed by atoms with Gasteiger partial charge in [0.25, 0.3) is 0 Å². The fourth-order valence-electron chi connectivity index (χ4n) is 1.65. The number of para-hydroxylation sites is 1. The Morgan fingerprint density at radius 3 is 2.50 bits per heavy atom. The van der Waals surface area contributed by atoms with Crippen LogP contribution in [0.25, 0.3) is 0 Å². The molecule has 2 N–H and O–H groups in total. The minimum absolute atomic E-state index is 0. The van der Waals surface area contributed by atoms with Crippen LogP contribution in [0.5, 0.6) is 5.75 Å². The Morgan fingerprint density at radius 2 is 1.88 bits per heavy atom. The molecule has 1 aliphatic rings. The molecule has 0 spiro atoms. The number of nitrogens with two attached hydrogens (primary N) is 1. The van der Waals surface area contributed by atoms with E-state index in [1.165, 1.54) is 6.07 Å². The average Bonchev–Trinajstić information content (AvgIpc) is 2.16. The zero-order valence-electron chi connectivity index (χ0n) is 8.20. The van der Waals surface area contributed by atoms with Crippen molar-refractivity contribution in [3.05, 3.63) is 29.8 Å². The molecule has 2 nitrogen and oxygen atoms in total. The Balaban J connectivity index is 0.00000128. The molecule has 2 rings (SSSR count). The average molecular weight is 254 g/mol. The predicted molar refractivity (Wildman–Crippen MR) is 55.7 cm³/mol. The molecule has 90 valence electrons. The van der Waals surface area contributed by atoms with Gasteiger partial charge in [-0.15, -0.1) is 12.4 Å². The summed E-state index contributed by atoms with van der Waals surface area (Å²) in [6.07, 6.45) is -6.37. The van der Waals surface area contributed by atoms with Gasteiger partial charge in [-0.25, -0.2) is 0 Å². The number of hydrogen-bond donors (Lipinski definition) is 1. The van der Waals surface area contributed by atoms with E-state index in [1.54, 1.807) is 18.2 Å². The lowest BCUT2D eigenvalue weighted by Crippen LogP contribution is -2.40. The molecular weight excluding hydrogens is 243 g/mol. The molecule has 0 fully saturated rings. The highest BCUT2D eigenvalue weighted by Crippen LogP contribution is 2.38. The third-order valence-electron chi connectivity index (χ3n) is 2.42. The van der Waals surface area contributed by atoms with Crippen molar-refractivity contribution in [3.8, 4) is 5.75 Å². The van der Waals surface area contributed by atoms with E-state index in [4.69, 9.17) is 10.5 Å². The maximum Gasteiger partial charge on any atom is 0.425 e. The summed E-state index contributed by atoms with van der Waals surface area (Å²) >= 11 is 0. The van der Waals surface area contributed by atoms with Crippen molar-refractivity contribution in [2.75, 3.05) is 0 Å². The minimum atomic E-state index is -4.36. The van der Waals surface area contributed by atoms with Crippen LogP contribution >= 0.6 is 12.4 Å². The van der Waals surface area contributed by atoms with Gasteiger partial charge in [0.05, 0.1) is 0 Å². The standard InChI is InChI=1S/C10H10F3NO.ClH/c11-10(12,13)9-5-7(14)6-3-1-2-4-8(6)15-9;/h1-4,7,9H,5,14H2;1H. The van der Waals surface area contributed by atoms with Gasteiger partial charge in [-0.05, 0) is 6.07 Å². The summed E-state index contributed by atoms with van der Waals surface area (Å²) in [7, 11) is 0. The van der Waals surface area contributed by atoms with Gasteiger partial charge in [-0.3, -0.25) is 0 Å². The van der Waals surface area contributed by atoms with E-state index in [0.29, 0.717) is 5.56 Å². The second kappa shape index (κ2) is 4.51. The minimum Gasteiger partial charge on any atom is -0.481 e.